The average molecular weight is 254 g/mol. The normalized spacial score (nSPS) is 23.8. The van der Waals surface area contributed by atoms with Gasteiger partial charge in [-0.2, -0.15) is 11.8 Å². The number of aryl methyl sites for hydroxylation is 1. The van der Waals surface area contributed by atoms with Crippen molar-refractivity contribution >= 4 is 11.8 Å². The van der Waals surface area contributed by atoms with Crippen LogP contribution in [0.15, 0.2) is 12.5 Å². The van der Waals surface area contributed by atoms with Crippen molar-refractivity contribution < 1.29 is 0 Å². The van der Waals surface area contributed by atoms with Crippen molar-refractivity contribution in [1.82, 2.24) is 14.5 Å². The van der Waals surface area contributed by atoms with Gasteiger partial charge in [0.05, 0.1) is 18.1 Å². The SMILES string of the molecule is CCn1cncc1C(CN)N1CCSC(C)C1. The van der Waals surface area contributed by atoms with Gasteiger partial charge in [0.25, 0.3) is 0 Å². The highest BCUT2D eigenvalue weighted by molar-refractivity contribution is 7.99. The second kappa shape index (κ2) is 5.89. The summed E-state index contributed by atoms with van der Waals surface area (Å²) in [6.07, 6.45) is 3.87. The van der Waals surface area contributed by atoms with E-state index in [0.717, 1.165) is 19.6 Å². The number of thioether (sulfide) groups is 1. The second-order valence-electron chi connectivity index (χ2n) is 4.53. The maximum absolute atomic E-state index is 5.97. The Hall–Kier alpha value is -0.520. The summed E-state index contributed by atoms with van der Waals surface area (Å²) in [7, 11) is 0. The fraction of sp³-hybridized carbons (Fsp3) is 0.750. The Balaban J connectivity index is 2.15. The van der Waals surface area contributed by atoms with Crippen LogP contribution in [0.3, 0.4) is 0 Å². The van der Waals surface area contributed by atoms with Gasteiger partial charge in [0, 0.05) is 43.4 Å². The van der Waals surface area contributed by atoms with Crippen LogP contribution in [0.2, 0.25) is 0 Å². The molecule has 0 spiro atoms. The maximum atomic E-state index is 5.97. The summed E-state index contributed by atoms with van der Waals surface area (Å²) in [4.78, 5) is 6.76. The van der Waals surface area contributed by atoms with Crippen molar-refractivity contribution in [3.63, 3.8) is 0 Å². The van der Waals surface area contributed by atoms with E-state index in [1.54, 1.807) is 0 Å². The summed E-state index contributed by atoms with van der Waals surface area (Å²) in [5.74, 6) is 1.21. The molecule has 4 nitrogen and oxygen atoms in total. The lowest BCUT2D eigenvalue weighted by Gasteiger charge is -2.36. The molecule has 0 amide bonds. The van der Waals surface area contributed by atoms with E-state index in [-0.39, 0.29) is 0 Å². The number of hydrogen-bond donors (Lipinski definition) is 1. The first kappa shape index (κ1) is 12.9. The Bertz CT molecular complexity index is 352. The molecule has 1 fully saturated rings. The molecule has 2 atom stereocenters. The molecule has 1 aromatic rings. The Labute approximate surface area is 108 Å². The van der Waals surface area contributed by atoms with E-state index in [1.165, 1.54) is 11.4 Å². The topological polar surface area (TPSA) is 47.1 Å². The molecular weight excluding hydrogens is 232 g/mol. The lowest BCUT2D eigenvalue weighted by molar-refractivity contribution is 0.203. The molecule has 1 aliphatic rings. The highest BCUT2D eigenvalue weighted by Gasteiger charge is 2.26. The Morgan fingerprint density at radius 1 is 1.65 bits per heavy atom. The Morgan fingerprint density at radius 2 is 2.47 bits per heavy atom. The van der Waals surface area contributed by atoms with Crippen LogP contribution in [0, 0.1) is 0 Å². The molecule has 0 saturated carbocycles. The molecule has 0 aliphatic carbocycles. The van der Waals surface area contributed by atoms with Gasteiger partial charge in [0.2, 0.25) is 0 Å². The summed E-state index contributed by atoms with van der Waals surface area (Å²) in [5.41, 5.74) is 7.23. The smallest absolute Gasteiger partial charge is 0.0948 e. The molecule has 2 heterocycles. The van der Waals surface area contributed by atoms with Crippen LogP contribution in [0.4, 0.5) is 0 Å². The molecule has 0 aromatic carbocycles. The van der Waals surface area contributed by atoms with Crippen molar-refractivity contribution in [2.24, 2.45) is 5.73 Å². The van der Waals surface area contributed by atoms with Gasteiger partial charge in [0.15, 0.2) is 0 Å². The predicted molar refractivity (Wildman–Crippen MR) is 73.2 cm³/mol. The third-order valence-electron chi connectivity index (χ3n) is 3.36. The fourth-order valence-electron chi connectivity index (χ4n) is 2.46. The molecular formula is C12H22N4S. The maximum Gasteiger partial charge on any atom is 0.0948 e. The van der Waals surface area contributed by atoms with Gasteiger partial charge in [0.1, 0.15) is 0 Å². The van der Waals surface area contributed by atoms with Gasteiger partial charge >= 0.3 is 0 Å². The van der Waals surface area contributed by atoms with E-state index in [9.17, 15) is 0 Å². The van der Waals surface area contributed by atoms with Gasteiger partial charge in [-0.15, -0.1) is 0 Å². The Kier molecular flexibility index (Phi) is 4.48. The van der Waals surface area contributed by atoms with E-state index in [1.807, 2.05) is 12.5 Å². The monoisotopic (exact) mass is 254 g/mol. The predicted octanol–water partition coefficient (Wildman–Crippen LogP) is 1.34. The quantitative estimate of drug-likeness (QED) is 0.881. The van der Waals surface area contributed by atoms with E-state index in [2.05, 4.69) is 40.1 Å². The van der Waals surface area contributed by atoms with Crippen molar-refractivity contribution in [3.8, 4) is 0 Å². The fourth-order valence-corrected chi connectivity index (χ4v) is 3.50. The molecule has 2 rings (SSSR count). The lowest BCUT2D eigenvalue weighted by atomic mass is 10.1. The standard InChI is InChI=1S/C12H22N4S/c1-3-15-9-14-7-12(15)11(6-13)16-4-5-17-10(2)8-16/h7,9-11H,3-6,8,13H2,1-2H3. The van der Waals surface area contributed by atoms with Crippen molar-refractivity contribution in [3.05, 3.63) is 18.2 Å². The molecule has 0 radical (unpaired) electrons. The minimum Gasteiger partial charge on any atom is -0.333 e. The number of rotatable bonds is 4. The summed E-state index contributed by atoms with van der Waals surface area (Å²) >= 11 is 2.05. The van der Waals surface area contributed by atoms with E-state index in [4.69, 9.17) is 5.73 Å². The molecule has 2 unspecified atom stereocenters. The molecule has 0 bridgehead atoms. The minimum absolute atomic E-state index is 0.320. The van der Waals surface area contributed by atoms with E-state index >= 15 is 0 Å². The first-order valence-electron chi connectivity index (χ1n) is 6.32. The van der Waals surface area contributed by atoms with Crippen LogP contribution >= 0.6 is 11.8 Å². The van der Waals surface area contributed by atoms with Gasteiger partial charge < -0.3 is 10.3 Å². The Morgan fingerprint density at radius 3 is 3.12 bits per heavy atom. The zero-order valence-corrected chi connectivity index (χ0v) is 11.5. The minimum atomic E-state index is 0.320. The molecule has 1 aromatic heterocycles. The number of nitrogens with zero attached hydrogens (tertiary/aromatic N) is 3. The van der Waals surface area contributed by atoms with Crippen LogP contribution in [0.5, 0.6) is 0 Å². The van der Waals surface area contributed by atoms with Gasteiger partial charge in [-0.05, 0) is 6.92 Å². The molecule has 5 heteroatoms. The largest absolute Gasteiger partial charge is 0.333 e. The zero-order valence-electron chi connectivity index (χ0n) is 10.7. The summed E-state index contributed by atoms with van der Waals surface area (Å²) < 4.78 is 2.20. The third kappa shape index (κ3) is 2.84. The van der Waals surface area contributed by atoms with Crippen molar-refractivity contribution in [2.45, 2.75) is 31.7 Å². The van der Waals surface area contributed by atoms with Crippen LogP contribution in [-0.2, 0) is 6.54 Å². The molecule has 17 heavy (non-hydrogen) atoms. The molecule has 2 N–H and O–H groups in total. The number of nitrogens with two attached hydrogens (primary N) is 1. The molecule has 1 aliphatic heterocycles. The highest BCUT2D eigenvalue weighted by atomic mass is 32.2. The van der Waals surface area contributed by atoms with Crippen LogP contribution < -0.4 is 5.73 Å². The first-order valence-corrected chi connectivity index (χ1v) is 7.36. The van der Waals surface area contributed by atoms with Crippen LogP contribution in [0.1, 0.15) is 25.6 Å². The summed E-state index contributed by atoms with van der Waals surface area (Å²) in [6, 6.07) is 0.320. The van der Waals surface area contributed by atoms with Gasteiger partial charge in [-0.25, -0.2) is 4.98 Å². The highest BCUT2D eigenvalue weighted by Crippen LogP contribution is 2.26. The number of hydrogen-bond acceptors (Lipinski definition) is 4. The summed E-state index contributed by atoms with van der Waals surface area (Å²) in [6.45, 7) is 8.33. The van der Waals surface area contributed by atoms with Gasteiger partial charge in [-0.3, -0.25) is 4.90 Å². The zero-order chi connectivity index (χ0) is 12.3. The van der Waals surface area contributed by atoms with Crippen LogP contribution in [-0.4, -0.2) is 45.1 Å². The molecule has 1 saturated heterocycles. The first-order chi connectivity index (χ1) is 8.26. The van der Waals surface area contributed by atoms with E-state index < -0.39 is 0 Å². The van der Waals surface area contributed by atoms with E-state index in [0.29, 0.717) is 17.8 Å². The summed E-state index contributed by atoms with van der Waals surface area (Å²) in [5, 5.41) is 0.704. The molecule has 96 valence electrons. The lowest BCUT2D eigenvalue weighted by Crippen LogP contribution is -2.42. The second-order valence-corrected chi connectivity index (χ2v) is 6.08. The number of aromatic nitrogens is 2. The van der Waals surface area contributed by atoms with Crippen molar-refractivity contribution in [1.29, 1.82) is 0 Å². The number of imidazole rings is 1. The third-order valence-corrected chi connectivity index (χ3v) is 4.50. The van der Waals surface area contributed by atoms with Gasteiger partial charge in [-0.1, -0.05) is 6.92 Å². The van der Waals surface area contributed by atoms with Crippen molar-refractivity contribution in [2.75, 3.05) is 25.4 Å². The van der Waals surface area contributed by atoms with Crippen LogP contribution in [0.25, 0.3) is 0 Å². The average Bonchev–Trinajstić information content (AvgIpc) is 2.78.